The number of hydrogen-bond donors (Lipinski definition) is 2. The highest BCUT2D eigenvalue weighted by Crippen LogP contribution is 2.27. The van der Waals surface area contributed by atoms with Crippen LogP contribution in [0.3, 0.4) is 0 Å². The fourth-order valence-electron chi connectivity index (χ4n) is 2.55. The monoisotopic (exact) mass is 262 g/mol. The molecule has 0 radical (unpaired) electrons. The van der Waals surface area contributed by atoms with E-state index >= 15 is 0 Å². The molecule has 2 rings (SSSR count). The van der Waals surface area contributed by atoms with E-state index in [1.54, 1.807) is 0 Å². The zero-order valence-electron chi connectivity index (χ0n) is 12.5. The largest absolute Gasteiger partial charge is 0.378 e. The van der Waals surface area contributed by atoms with Crippen LogP contribution in [0.25, 0.3) is 0 Å². The minimum absolute atomic E-state index is 0.00526. The summed E-state index contributed by atoms with van der Waals surface area (Å²) in [6.45, 7) is 11.2. The van der Waals surface area contributed by atoms with Crippen molar-refractivity contribution in [1.29, 1.82) is 0 Å². The Bertz CT molecular complexity index is 431. The smallest absolute Gasteiger partial charge is 0.0638 e. The summed E-state index contributed by atoms with van der Waals surface area (Å²) in [5, 5.41) is 3.44. The Labute approximate surface area is 116 Å². The van der Waals surface area contributed by atoms with Crippen LogP contribution in [0, 0.1) is 6.92 Å². The molecule has 1 heterocycles. The van der Waals surface area contributed by atoms with E-state index in [1.165, 1.54) is 16.7 Å². The molecule has 3 nitrogen and oxygen atoms in total. The number of nitrogens with two attached hydrogens (primary N) is 1. The van der Waals surface area contributed by atoms with Gasteiger partial charge in [0.05, 0.1) is 13.2 Å². The Kier molecular flexibility index (Phi) is 4.29. The number of ether oxygens (including phenoxy) is 1. The van der Waals surface area contributed by atoms with Crippen molar-refractivity contribution in [2.24, 2.45) is 5.73 Å². The summed E-state index contributed by atoms with van der Waals surface area (Å²) in [5.41, 5.74) is 10.4. The molecule has 1 fully saturated rings. The zero-order valence-corrected chi connectivity index (χ0v) is 12.5. The molecule has 2 unspecified atom stereocenters. The van der Waals surface area contributed by atoms with E-state index < -0.39 is 0 Å². The third kappa shape index (κ3) is 3.35. The summed E-state index contributed by atoms with van der Waals surface area (Å²) in [7, 11) is 0. The first kappa shape index (κ1) is 14.5. The van der Waals surface area contributed by atoms with Crippen molar-refractivity contribution in [3.63, 3.8) is 0 Å². The Hall–Kier alpha value is -0.900. The summed E-state index contributed by atoms with van der Waals surface area (Å²) < 4.78 is 5.50. The van der Waals surface area contributed by atoms with Crippen molar-refractivity contribution in [2.45, 2.75) is 45.2 Å². The summed E-state index contributed by atoms with van der Waals surface area (Å²) in [6, 6.07) is 6.85. The molecular formula is C16H26N2O. The molecule has 0 amide bonds. The average molecular weight is 262 g/mol. The fraction of sp³-hybridized carbons (Fsp3) is 0.625. The lowest BCUT2D eigenvalue weighted by atomic mass is 9.84. The van der Waals surface area contributed by atoms with Crippen LogP contribution in [-0.4, -0.2) is 25.8 Å². The van der Waals surface area contributed by atoms with Gasteiger partial charge in [-0.05, 0) is 29.0 Å². The van der Waals surface area contributed by atoms with Gasteiger partial charge in [-0.25, -0.2) is 0 Å². The SMILES string of the molecule is Cc1cc(C(C)(C)C)ccc1C(N)C1COCCN1. The lowest BCUT2D eigenvalue weighted by Crippen LogP contribution is -2.47. The number of benzene rings is 1. The van der Waals surface area contributed by atoms with Gasteiger partial charge >= 0.3 is 0 Å². The molecular weight excluding hydrogens is 236 g/mol. The second kappa shape index (κ2) is 5.61. The number of aryl methyl sites for hydroxylation is 1. The van der Waals surface area contributed by atoms with Crippen LogP contribution < -0.4 is 11.1 Å². The molecule has 0 bridgehead atoms. The van der Waals surface area contributed by atoms with Gasteiger partial charge in [0.2, 0.25) is 0 Å². The van der Waals surface area contributed by atoms with Crippen LogP contribution in [0.2, 0.25) is 0 Å². The van der Waals surface area contributed by atoms with E-state index in [2.05, 4.69) is 51.2 Å². The topological polar surface area (TPSA) is 47.3 Å². The second-order valence-corrected chi connectivity index (χ2v) is 6.48. The third-order valence-corrected chi connectivity index (χ3v) is 3.88. The highest BCUT2D eigenvalue weighted by molar-refractivity contribution is 5.36. The molecule has 1 saturated heterocycles. The Balaban J connectivity index is 2.20. The Morgan fingerprint density at radius 2 is 2.11 bits per heavy atom. The van der Waals surface area contributed by atoms with Crippen LogP contribution in [0.5, 0.6) is 0 Å². The van der Waals surface area contributed by atoms with E-state index in [0.717, 1.165) is 13.2 Å². The molecule has 19 heavy (non-hydrogen) atoms. The van der Waals surface area contributed by atoms with Crippen molar-refractivity contribution in [3.05, 3.63) is 34.9 Å². The van der Waals surface area contributed by atoms with Crippen LogP contribution in [0.4, 0.5) is 0 Å². The number of rotatable bonds is 2. The van der Waals surface area contributed by atoms with Gasteiger partial charge in [-0.1, -0.05) is 39.0 Å². The predicted molar refractivity (Wildman–Crippen MR) is 79.4 cm³/mol. The van der Waals surface area contributed by atoms with Crippen molar-refractivity contribution in [2.75, 3.05) is 19.8 Å². The van der Waals surface area contributed by atoms with Gasteiger partial charge in [0, 0.05) is 18.6 Å². The maximum absolute atomic E-state index is 6.39. The third-order valence-electron chi connectivity index (χ3n) is 3.88. The van der Waals surface area contributed by atoms with E-state index in [9.17, 15) is 0 Å². The molecule has 1 aliphatic rings. The molecule has 1 aromatic rings. The Morgan fingerprint density at radius 1 is 1.37 bits per heavy atom. The highest BCUT2D eigenvalue weighted by atomic mass is 16.5. The van der Waals surface area contributed by atoms with Gasteiger partial charge in [-0.2, -0.15) is 0 Å². The molecule has 0 aliphatic carbocycles. The first-order chi connectivity index (χ1) is 8.89. The van der Waals surface area contributed by atoms with Gasteiger partial charge in [0.25, 0.3) is 0 Å². The fourth-order valence-corrected chi connectivity index (χ4v) is 2.55. The van der Waals surface area contributed by atoms with E-state index in [-0.39, 0.29) is 17.5 Å². The molecule has 1 aromatic carbocycles. The van der Waals surface area contributed by atoms with E-state index in [0.29, 0.717) is 6.61 Å². The number of morpholine rings is 1. The lowest BCUT2D eigenvalue weighted by Gasteiger charge is -2.30. The van der Waals surface area contributed by atoms with Crippen LogP contribution in [0.1, 0.15) is 43.5 Å². The molecule has 3 N–H and O–H groups in total. The van der Waals surface area contributed by atoms with Crippen molar-refractivity contribution in [1.82, 2.24) is 5.32 Å². The van der Waals surface area contributed by atoms with Gasteiger partial charge in [-0.15, -0.1) is 0 Å². The maximum Gasteiger partial charge on any atom is 0.0638 e. The van der Waals surface area contributed by atoms with E-state index in [1.807, 2.05) is 0 Å². The first-order valence-electron chi connectivity index (χ1n) is 7.07. The Morgan fingerprint density at radius 3 is 2.63 bits per heavy atom. The van der Waals surface area contributed by atoms with Crippen molar-refractivity contribution >= 4 is 0 Å². The summed E-state index contributed by atoms with van der Waals surface area (Å²) in [5.74, 6) is 0. The molecule has 106 valence electrons. The highest BCUT2D eigenvalue weighted by Gasteiger charge is 2.24. The predicted octanol–water partition coefficient (Wildman–Crippen LogP) is 2.28. The number of nitrogens with one attached hydrogen (secondary N) is 1. The lowest BCUT2D eigenvalue weighted by molar-refractivity contribution is 0.0684. The molecule has 3 heteroatoms. The van der Waals surface area contributed by atoms with Gasteiger partial charge in [0.1, 0.15) is 0 Å². The molecule has 2 atom stereocenters. The maximum atomic E-state index is 6.39. The molecule has 0 aromatic heterocycles. The van der Waals surface area contributed by atoms with Gasteiger partial charge in [0.15, 0.2) is 0 Å². The van der Waals surface area contributed by atoms with Gasteiger partial charge < -0.3 is 15.8 Å². The average Bonchev–Trinajstić information content (AvgIpc) is 2.38. The van der Waals surface area contributed by atoms with Crippen LogP contribution in [0.15, 0.2) is 18.2 Å². The van der Waals surface area contributed by atoms with Crippen LogP contribution >= 0.6 is 0 Å². The van der Waals surface area contributed by atoms with Crippen molar-refractivity contribution < 1.29 is 4.74 Å². The second-order valence-electron chi connectivity index (χ2n) is 6.48. The van der Waals surface area contributed by atoms with Crippen molar-refractivity contribution in [3.8, 4) is 0 Å². The zero-order chi connectivity index (χ0) is 14.0. The van der Waals surface area contributed by atoms with Crippen LogP contribution in [-0.2, 0) is 10.2 Å². The summed E-state index contributed by atoms with van der Waals surface area (Å²) in [4.78, 5) is 0. The summed E-state index contributed by atoms with van der Waals surface area (Å²) in [6.07, 6.45) is 0. The first-order valence-corrected chi connectivity index (χ1v) is 7.07. The molecule has 1 aliphatic heterocycles. The normalized spacial score (nSPS) is 22.3. The standard InChI is InChI=1S/C16H26N2O/c1-11-9-12(16(2,3)4)5-6-13(11)15(17)14-10-19-8-7-18-14/h5-6,9,14-15,18H,7-8,10,17H2,1-4H3. The quantitative estimate of drug-likeness (QED) is 0.859. The minimum Gasteiger partial charge on any atom is -0.378 e. The van der Waals surface area contributed by atoms with Gasteiger partial charge in [-0.3, -0.25) is 0 Å². The molecule has 0 saturated carbocycles. The minimum atomic E-state index is -0.00526. The molecule has 0 spiro atoms. The summed E-state index contributed by atoms with van der Waals surface area (Å²) >= 11 is 0. The number of hydrogen-bond acceptors (Lipinski definition) is 3. The van der Waals surface area contributed by atoms with E-state index in [4.69, 9.17) is 10.5 Å².